The van der Waals surface area contributed by atoms with E-state index in [0.29, 0.717) is 31.3 Å². The number of hydrogen-bond donors (Lipinski definition) is 1. The molecule has 1 saturated heterocycles. The number of H-pyrrole nitrogens is 1. The molecule has 1 aromatic carbocycles. The molecule has 2 aromatic heterocycles. The van der Waals surface area contributed by atoms with Crippen LogP contribution in [0.1, 0.15) is 40.7 Å². The van der Waals surface area contributed by atoms with Gasteiger partial charge in [-0.25, -0.2) is 4.39 Å². The average Bonchev–Trinajstić information content (AvgIpc) is 3.37. The summed E-state index contributed by atoms with van der Waals surface area (Å²) in [6.07, 6.45) is 2.10. The standard InChI is InChI=1S/C19H21FN4O2/c1-12-13(2)22-23-16(12)7-8-17-21-18(24-26-17)19(9-10-25-11-19)14-3-5-15(20)6-4-14/h3-6H,7-11H2,1-2H3,(H,22,23). The van der Waals surface area contributed by atoms with Crippen LogP contribution in [-0.2, 0) is 23.0 Å². The van der Waals surface area contributed by atoms with Crippen LogP contribution in [0.5, 0.6) is 0 Å². The van der Waals surface area contributed by atoms with Crippen molar-refractivity contribution in [3.05, 3.63) is 64.3 Å². The molecule has 1 aliphatic heterocycles. The molecule has 0 aliphatic carbocycles. The van der Waals surface area contributed by atoms with E-state index in [1.165, 1.54) is 12.1 Å². The van der Waals surface area contributed by atoms with Crippen LogP contribution >= 0.6 is 0 Å². The molecule has 1 aliphatic rings. The second kappa shape index (κ2) is 6.64. The zero-order valence-corrected chi connectivity index (χ0v) is 14.9. The molecule has 7 heteroatoms. The quantitative estimate of drug-likeness (QED) is 0.760. The molecule has 3 aromatic rings. The number of nitrogens with zero attached hydrogens (tertiary/aromatic N) is 3. The van der Waals surface area contributed by atoms with Gasteiger partial charge in [-0.05, 0) is 43.5 Å². The van der Waals surface area contributed by atoms with Crippen molar-refractivity contribution >= 4 is 0 Å². The first-order valence-corrected chi connectivity index (χ1v) is 8.76. The van der Waals surface area contributed by atoms with Crippen molar-refractivity contribution in [2.45, 2.75) is 38.5 Å². The van der Waals surface area contributed by atoms with Crippen LogP contribution in [-0.4, -0.2) is 33.6 Å². The van der Waals surface area contributed by atoms with E-state index in [9.17, 15) is 4.39 Å². The number of nitrogens with one attached hydrogen (secondary N) is 1. The average molecular weight is 356 g/mol. The van der Waals surface area contributed by atoms with Crippen molar-refractivity contribution in [2.24, 2.45) is 0 Å². The number of rotatable bonds is 5. The van der Waals surface area contributed by atoms with E-state index in [2.05, 4.69) is 20.3 Å². The molecule has 0 spiro atoms. The van der Waals surface area contributed by atoms with E-state index >= 15 is 0 Å². The fourth-order valence-electron chi connectivity index (χ4n) is 3.42. The Labute approximate surface area is 150 Å². The summed E-state index contributed by atoms with van der Waals surface area (Å²) in [7, 11) is 0. The van der Waals surface area contributed by atoms with Gasteiger partial charge in [0.1, 0.15) is 5.82 Å². The summed E-state index contributed by atoms with van der Waals surface area (Å²) < 4.78 is 24.4. The molecule has 26 heavy (non-hydrogen) atoms. The minimum atomic E-state index is -0.478. The summed E-state index contributed by atoms with van der Waals surface area (Å²) in [6, 6.07) is 6.46. The van der Waals surface area contributed by atoms with Gasteiger partial charge in [0, 0.05) is 25.1 Å². The monoisotopic (exact) mass is 356 g/mol. The van der Waals surface area contributed by atoms with E-state index in [-0.39, 0.29) is 5.82 Å². The maximum atomic E-state index is 13.3. The minimum absolute atomic E-state index is 0.263. The van der Waals surface area contributed by atoms with Crippen molar-refractivity contribution in [3.8, 4) is 0 Å². The number of aryl methyl sites for hydroxylation is 3. The minimum Gasteiger partial charge on any atom is -0.380 e. The van der Waals surface area contributed by atoms with Crippen molar-refractivity contribution < 1.29 is 13.7 Å². The summed E-state index contributed by atoms with van der Waals surface area (Å²) in [5, 5.41) is 11.5. The largest absolute Gasteiger partial charge is 0.380 e. The highest BCUT2D eigenvalue weighted by Crippen LogP contribution is 2.38. The highest BCUT2D eigenvalue weighted by Gasteiger charge is 2.42. The molecule has 6 nitrogen and oxygen atoms in total. The lowest BCUT2D eigenvalue weighted by Gasteiger charge is -2.23. The SMILES string of the molecule is Cc1[nH]nc(CCc2nc(C3(c4ccc(F)cc4)CCOC3)no2)c1C. The smallest absolute Gasteiger partial charge is 0.227 e. The third kappa shape index (κ3) is 2.92. The molecule has 3 heterocycles. The van der Waals surface area contributed by atoms with E-state index in [1.807, 2.05) is 13.8 Å². The molecule has 0 radical (unpaired) electrons. The summed E-state index contributed by atoms with van der Waals surface area (Å²) in [4.78, 5) is 4.63. The Hall–Kier alpha value is -2.54. The molecular formula is C19H21FN4O2. The predicted octanol–water partition coefficient (Wildman–Crippen LogP) is 3.04. The van der Waals surface area contributed by atoms with E-state index in [0.717, 1.165) is 35.4 Å². The third-order valence-corrected chi connectivity index (χ3v) is 5.24. The zero-order chi connectivity index (χ0) is 18.1. The zero-order valence-electron chi connectivity index (χ0n) is 14.9. The van der Waals surface area contributed by atoms with Gasteiger partial charge in [-0.2, -0.15) is 10.1 Å². The molecule has 4 rings (SSSR count). The lowest BCUT2D eigenvalue weighted by atomic mass is 9.79. The molecular weight excluding hydrogens is 335 g/mol. The second-order valence-electron chi connectivity index (χ2n) is 6.82. The highest BCUT2D eigenvalue weighted by atomic mass is 19.1. The lowest BCUT2D eigenvalue weighted by molar-refractivity contribution is 0.182. The predicted molar refractivity (Wildman–Crippen MR) is 92.4 cm³/mol. The van der Waals surface area contributed by atoms with Gasteiger partial charge in [0.2, 0.25) is 5.89 Å². The lowest BCUT2D eigenvalue weighted by Crippen LogP contribution is -2.29. The van der Waals surface area contributed by atoms with Crippen LogP contribution in [0.25, 0.3) is 0 Å². The normalized spacial score (nSPS) is 20.0. The number of aromatic amines is 1. The first-order valence-electron chi connectivity index (χ1n) is 8.76. The molecule has 136 valence electrons. The van der Waals surface area contributed by atoms with Crippen molar-refractivity contribution in [2.75, 3.05) is 13.2 Å². The Morgan fingerprint density at radius 1 is 1.19 bits per heavy atom. The van der Waals surface area contributed by atoms with E-state index < -0.39 is 5.41 Å². The van der Waals surface area contributed by atoms with Crippen LogP contribution in [0, 0.1) is 19.7 Å². The van der Waals surface area contributed by atoms with Crippen molar-refractivity contribution in [1.29, 1.82) is 0 Å². The Kier molecular flexibility index (Phi) is 4.32. The summed E-state index contributed by atoms with van der Waals surface area (Å²) in [5.74, 6) is 0.918. The van der Waals surface area contributed by atoms with Gasteiger partial charge in [0.15, 0.2) is 5.82 Å². The van der Waals surface area contributed by atoms with Crippen LogP contribution in [0.3, 0.4) is 0 Å². The number of halogens is 1. The number of aromatic nitrogens is 4. The Balaban J connectivity index is 1.57. The van der Waals surface area contributed by atoms with Crippen LogP contribution in [0.15, 0.2) is 28.8 Å². The molecule has 1 fully saturated rings. The molecule has 0 bridgehead atoms. The van der Waals surface area contributed by atoms with Gasteiger partial charge in [-0.1, -0.05) is 17.3 Å². The van der Waals surface area contributed by atoms with Crippen molar-refractivity contribution in [1.82, 2.24) is 20.3 Å². The summed E-state index contributed by atoms with van der Waals surface area (Å²) in [6.45, 7) is 5.14. The maximum Gasteiger partial charge on any atom is 0.227 e. The Bertz CT molecular complexity index is 895. The summed E-state index contributed by atoms with van der Waals surface area (Å²) in [5.41, 5.74) is 3.72. The molecule has 0 saturated carbocycles. The van der Waals surface area contributed by atoms with Gasteiger partial charge in [0.25, 0.3) is 0 Å². The van der Waals surface area contributed by atoms with Crippen molar-refractivity contribution in [3.63, 3.8) is 0 Å². The van der Waals surface area contributed by atoms with Gasteiger partial charge in [0.05, 0.1) is 17.7 Å². The summed E-state index contributed by atoms with van der Waals surface area (Å²) >= 11 is 0. The molecule has 1 atom stereocenters. The number of benzene rings is 1. The fraction of sp³-hybridized carbons (Fsp3) is 0.421. The van der Waals surface area contributed by atoms with Crippen LogP contribution in [0.4, 0.5) is 4.39 Å². The third-order valence-electron chi connectivity index (χ3n) is 5.24. The molecule has 1 N–H and O–H groups in total. The van der Waals surface area contributed by atoms with Gasteiger partial charge in [-0.3, -0.25) is 5.10 Å². The van der Waals surface area contributed by atoms with E-state index in [4.69, 9.17) is 9.26 Å². The topological polar surface area (TPSA) is 76.8 Å². The fourth-order valence-corrected chi connectivity index (χ4v) is 3.42. The van der Waals surface area contributed by atoms with Gasteiger partial charge >= 0.3 is 0 Å². The van der Waals surface area contributed by atoms with Gasteiger partial charge in [-0.15, -0.1) is 0 Å². The highest BCUT2D eigenvalue weighted by molar-refractivity contribution is 5.34. The first kappa shape index (κ1) is 16.9. The second-order valence-corrected chi connectivity index (χ2v) is 6.82. The molecule has 1 unspecified atom stereocenters. The Morgan fingerprint density at radius 3 is 2.65 bits per heavy atom. The van der Waals surface area contributed by atoms with E-state index in [1.54, 1.807) is 12.1 Å². The van der Waals surface area contributed by atoms with Crippen LogP contribution < -0.4 is 0 Å². The van der Waals surface area contributed by atoms with Gasteiger partial charge < -0.3 is 9.26 Å². The Morgan fingerprint density at radius 2 is 2.00 bits per heavy atom. The molecule has 0 amide bonds. The van der Waals surface area contributed by atoms with Crippen LogP contribution in [0.2, 0.25) is 0 Å². The number of hydrogen-bond acceptors (Lipinski definition) is 5. The first-order chi connectivity index (χ1) is 12.6. The maximum absolute atomic E-state index is 13.3. The number of ether oxygens (including phenoxy) is 1.